The Bertz CT molecular complexity index is 837. The van der Waals surface area contributed by atoms with Gasteiger partial charge in [0.05, 0.1) is 11.4 Å². The number of aryl methyl sites for hydroxylation is 1. The Kier molecular flexibility index (Phi) is 6.02. The van der Waals surface area contributed by atoms with Crippen molar-refractivity contribution in [2.24, 2.45) is 0 Å². The molecular weight excluding hydrogens is 359 g/mol. The van der Waals surface area contributed by atoms with E-state index in [4.69, 9.17) is 0 Å². The number of hydrogen-bond donors (Lipinski definition) is 1. The Morgan fingerprint density at radius 2 is 1.89 bits per heavy atom. The molecule has 0 saturated carbocycles. The summed E-state index contributed by atoms with van der Waals surface area (Å²) in [5, 5.41) is 2.23. The molecule has 148 valence electrons. The maximum atomic E-state index is 15.6. The van der Waals surface area contributed by atoms with Crippen molar-refractivity contribution < 1.29 is 14.0 Å². The van der Waals surface area contributed by atoms with Crippen molar-refractivity contribution >= 4 is 11.8 Å². The van der Waals surface area contributed by atoms with Crippen LogP contribution in [0.4, 0.5) is 4.39 Å². The Hall–Kier alpha value is -2.83. The van der Waals surface area contributed by atoms with Crippen LogP contribution in [0.5, 0.6) is 0 Å². The first-order valence-corrected chi connectivity index (χ1v) is 9.47. The van der Waals surface area contributed by atoms with E-state index in [0.29, 0.717) is 31.5 Å². The maximum Gasteiger partial charge on any atom is 0.281 e. The normalized spacial score (nSPS) is 17.0. The van der Waals surface area contributed by atoms with Crippen LogP contribution >= 0.6 is 0 Å². The van der Waals surface area contributed by atoms with Gasteiger partial charge in [-0.2, -0.15) is 0 Å². The number of halogens is 1. The summed E-state index contributed by atoms with van der Waals surface area (Å²) in [5.41, 5.74) is 2.41. The van der Waals surface area contributed by atoms with Gasteiger partial charge < -0.3 is 10.2 Å². The van der Waals surface area contributed by atoms with E-state index in [9.17, 15) is 9.59 Å². The minimum absolute atomic E-state index is 0.195. The van der Waals surface area contributed by atoms with Crippen LogP contribution in [0.3, 0.4) is 0 Å². The lowest BCUT2D eigenvalue weighted by molar-refractivity contribution is -0.151. The topological polar surface area (TPSA) is 75.2 Å². The lowest BCUT2D eigenvalue weighted by Gasteiger charge is -2.36. The second-order valence-electron chi connectivity index (χ2n) is 7.30. The highest BCUT2D eigenvalue weighted by Gasteiger charge is 2.43. The average Bonchev–Trinajstić information content (AvgIpc) is 2.67. The molecule has 1 N–H and O–H groups in total. The number of aromatic nitrogens is 2. The first-order valence-electron chi connectivity index (χ1n) is 9.47. The smallest absolute Gasteiger partial charge is 0.281 e. The zero-order valence-corrected chi connectivity index (χ0v) is 16.2. The van der Waals surface area contributed by atoms with Crippen molar-refractivity contribution in [2.45, 2.75) is 44.8 Å². The van der Waals surface area contributed by atoms with Gasteiger partial charge in [-0.3, -0.25) is 19.6 Å². The van der Waals surface area contributed by atoms with E-state index in [0.717, 1.165) is 11.4 Å². The largest absolute Gasteiger partial charge is 0.338 e. The number of carbonyl (C=O) groups is 2. The Labute approximate surface area is 164 Å². The third-order valence-electron chi connectivity index (χ3n) is 4.98. The number of rotatable bonds is 5. The van der Waals surface area contributed by atoms with Crippen LogP contribution in [-0.2, 0) is 16.0 Å². The number of likely N-dealkylation sites (tertiary alicyclic amines) is 1. The van der Waals surface area contributed by atoms with Crippen LogP contribution in [0.1, 0.15) is 42.6 Å². The van der Waals surface area contributed by atoms with Crippen molar-refractivity contribution in [2.75, 3.05) is 13.1 Å². The minimum Gasteiger partial charge on any atom is -0.338 e. The summed E-state index contributed by atoms with van der Waals surface area (Å²) in [6.45, 7) is 3.94. The molecule has 7 heteroatoms. The van der Waals surface area contributed by atoms with E-state index in [1.807, 2.05) is 13.0 Å². The van der Waals surface area contributed by atoms with Crippen LogP contribution in [0.2, 0.25) is 0 Å². The van der Waals surface area contributed by atoms with Gasteiger partial charge in [-0.05, 0) is 25.3 Å². The second kappa shape index (κ2) is 8.46. The molecule has 1 aromatic carbocycles. The first kappa shape index (κ1) is 19.9. The summed E-state index contributed by atoms with van der Waals surface area (Å²) in [7, 11) is 0. The maximum absolute atomic E-state index is 15.6. The number of nitrogens with zero attached hydrogens (tertiary/aromatic N) is 3. The van der Waals surface area contributed by atoms with E-state index in [2.05, 4.69) is 15.3 Å². The molecule has 1 atom stereocenters. The number of nitrogens with one attached hydrogen (secondary N) is 1. The molecule has 1 aromatic heterocycles. The van der Waals surface area contributed by atoms with Crippen LogP contribution in [0, 0.1) is 6.92 Å². The number of piperidine rings is 1. The fraction of sp³-hybridized carbons (Fsp3) is 0.429. The summed E-state index contributed by atoms with van der Waals surface area (Å²) >= 11 is 0. The molecule has 6 nitrogen and oxygen atoms in total. The molecule has 2 heterocycles. The predicted octanol–water partition coefficient (Wildman–Crippen LogP) is 2.54. The van der Waals surface area contributed by atoms with Gasteiger partial charge in [0.1, 0.15) is 0 Å². The van der Waals surface area contributed by atoms with Crippen LogP contribution in [0.25, 0.3) is 0 Å². The van der Waals surface area contributed by atoms with Crippen LogP contribution in [-0.4, -0.2) is 45.6 Å². The Balaban J connectivity index is 1.70. The molecular formula is C21H25FN4O2. The van der Waals surface area contributed by atoms with E-state index in [1.165, 1.54) is 11.8 Å². The van der Waals surface area contributed by atoms with Gasteiger partial charge in [0, 0.05) is 44.7 Å². The molecule has 3 rings (SSSR count). The summed E-state index contributed by atoms with van der Waals surface area (Å²) in [6.07, 6.45) is 4.63. The van der Waals surface area contributed by atoms with Gasteiger partial charge in [0.2, 0.25) is 5.91 Å². The van der Waals surface area contributed by atoms with E-state index >= 15 is 4.39 Å². The van der Waals surface area contributed by atoms with Crippen LogP contribution in [0.15, 0.2) is 42.7 Å². The lowest BCUT2D eigenvalue weighted by atomic mass is 9.92. The quantitative estimate of drug-likeness (QED) is 0.804. The van der Waals surface area contributed by atoms with Crippen molar-refractivity contribution in [1.29, 1.82) is 0 Å². The molecule has 1 aliphatic rings. The number of carbonyl (C=O) groups excluding carboxylic acids is 2. The molecule has 0 aliphatic carbocycles. The molecule has 2 aromatic rings. The number of alkyl halides is 1. The molecule has 0 spiro atoms. The third-order valence-corrected chi connectivity index (χ3v) is 4.98. The molecule has 0 bridgehead atoms. The van der Waals surface area contributed by atoms with E-state index in [-0.39, 0.29) is 12.3 Å². The SMILES string of the molecule is CC(=O)N[C@](F)(Cc1ccccc1)C(=O)N1CCC(c2cncc(C)n2)CC1. The average molecular weight is 384 g/mol. The van der Waals surface area contributed by atoms with E-state index < -0.39 is 17.6 Å². The Morgan fingerprint density at radius 3 is 2.50 bits per heavy atom. The van der Waals surface area contributed by atoms with Gasteiger partial charge in [-0.1, -0.05) is 30.3 Å². The zero-order valence-electron chi connectivity index (χ0n) is 16.2. The first-order chi connectivity index (χ1) is 13.4. The lowest BCUT2D eigenvalue weighted by Crippen LogP contribution is -2.58. The number of hydrogen-bond acceptors (Lipinski definition) is 4. The summed E-state index contributed by atoms with van der Waals surface area (Å²) < 4.78 is 15.6. The molecule has 1 saturated heterocycles. The van der Waals surface area contributed by atoms with Crippen molar-refractivity contribution in [3.05, 3.63) is 59.7 Å². The van der Waals surface area contributed by atoms with Gasteiger partial charge >= 0.3 is 0 Å². The fourth-order valence-electron chi connectivity index (χ4n) is 3.64. The zero-order chi connectivity index (χ0) is 20.1. The number of benzene rings is 1. The molecule has 1 aliphatic heterocycles. The Morgan fingerprint density at radius 1 is 1.21 bits per heavy atom. The second-order valence-corrected chi connectivity index (χ2v) is 7.30. The van der Waals surface area contributed by atoms with Gasteiger partial charge in [-0.25, -0.2) is 4.39 Å². The highest BCUT2D eigenvalue weighted by Crippen LogP contribution is 2.28. The molecule has 0 radical (unpaired) electrons. The predicted molar refractivity (Wildman–Crippen MR) is 103 cm³/mol. The van der Waals surface area contributed by atoms with Crippen molar-refractivity contribution in [3.63, 3.8) is 0 Å². The van der Waals surface area contributed by atoms with Crippen molar-refractivity contribution in [3.8, 4) is 0 Å². The van der Waals surface area contributed by atoms with Gasteiger partial charge in [0.25, 0.3) is 11.7 Å². The highest BCUT2D eigenvalue weighted by atomic mass is 19.1. The van der Waals surface area contributed by atoms with Crippen molar-refractivity contribution in [1.82, 2.24) is 20.2 Å². The molecule has 2 amide bonds. The summed E-state index contributed by atoms with van der Waals surface area (Å²) in [6, 6.07) is 8.87. The fourth-order valence-corrected chi connectivity index (χ4v) is 3.64. The van der Waals surface area contributed by atoms with E-state index in [1.54, 1.807) is 36.7 Å². The molecule has 1 fully saturated rings. The van der Waals surface area contributed by atoms with Crippen LogP contribution < -0.4 is 5.32 Å². The molecule has 0 unspecified atom stereocenters. The molecule has 28 heavy (non-hydrogen) atoms. The summed E-state index contributed by atoms with van der Waals surface area (Å²) in [5.74, 6) is -3.53. The summed E-state index contributed by atoms with van der Waals surface area (Å²) in [4.78, 5) is 34.7. The van der Waals surface area contributed by atoms with Gasteiger partial charge in [-0.15, -0.1) is 0 Å². The minimum atomic E-state index is -2.46. The highest BCUT2D eigenvalue weighted by molar-refractivity contribution is 5.89. The third kappa shape index (κ3) is 4.71. The monoisotopic (exact) mass is 384 g/mol. The number of amides is 2. The standard InChI is InChI=1S/C21H25FN4O2/c1-15-13-23-14-19(24-15)18-8-10-26(11-9-18)20(28)21(22,25-16(2)27)12-17-6-4-3-5-7-17/h3-7,13-14,18H,8-12H2,1-2H3,(H,25,27)/t21-/m1/s1. The van der Waals surface area contributed by atoms with Gasteiger partial charge in [0.15, 0.2) is 0 Å².